The lowest BCUT2D eigenvalue weighted by Gasteiger charge is -2.22. The Hall–Kier alpha value is -3.03. The Labute approximate surface area is 196 Å². The number of benzene rings is 2. The van der Waals surface area contributed by atoms with Gasteiger partial charge in [-0.1, -0.05) is 41.2 Å². The predicted molar refractivity (Wildman–Crippen MR) is 131 cm³/mol. The molecule has 0 bridgehead atoms. The summed E-state index contributed by atoms with van der Waals surface area (Å²) >= 11 is 1.55. The van der Waals surface area contributed by atoms with Crippen molar-refractivity contribution >= 4 is 32.6 Å². The highest BCUT2D eigenvalue weighted by Crippen LogP contribution is 2.33. The molecule has 1 atom stereocenters. The van der Waals surface area contributed by atoms with Gasteiger partial charge in [-0.25, -0.2) is 9.67 Å². The number of aryl methyl sites for hydroxylation is 1. The normalized spacial score (nSPS) is 17.5. The molecule has 3 heterocycles. The van der Waals surface area contributed by atoms with Crippen molar-refractivity contribution in [3.05, 3.63) is 71.0 Å². The zero-order chi connectivity index (χ0) is 22.4. The molecule has 1 aliphatic carbocycles. The van der Waals surface area contributed by atoms with Gasteiger partial charge in [0.05, 0.1) is 28.6 Å². The lowest BCUT2D eigenvalue weighted by Crippen LogP contribution is -2.38. The summed E-state index contributed by atoms with van der Waals surface area (Å²) < 4.78 is 8.95. The molecule has 6 rings (SSSR count). The summed E-state index contributed by atoms with van der Waals surface area (Å²) in [7, 11) is 0. The van der Waals surface area contributed by atoms with E-state index in [1.165, 1.54) is 5.56 Å². The topological polar surface area (TPSA) is 60.2 Å². The Morgan fingerprint density at radius 1 is 1.15 bits per heavy atom. The van der Waals surface area contributed by atoms with Gasteiger partial charge in [0, 0.05) is 17.9 Å². The molecular weight excluding hydrogens is 432 g/mol. The van der Waals surface area contributed by atoms with E-state index in [1.54, 1.807) is 16.2 Å². The van der Waals surface area contributed by atoms with Crippen molar-refractivity contribution in [2.24, 2.45) is 0 Å². The zero-order valence-electron chi connectivity index (χ0n) is 18.7. The number of fused-ring (bicyclic) bond motifs is 2. The summed E-state index contributed by atoms with van der Waals surface area (Å²) in [5.74, 6) is -0.0754. The summed E-state index contributed by atoms with van der Waals surface area (Å²) in [4.78, 5) is 20.6. The van der Waals surface area contributed by atoms with Crippen LogP contribution in [0, 0.1) is 6.92 Å². The van der Waals surface area contributed by atoms with Gasteiger partial charge in [0.2, 0.25) is 0 Å². The van der Waals surface area contributed by atoms with Crippen molar-refractivity contribution in [1.82, 2.24) is 14.8 Å². The molecule has 1 amide bonds. The maximum Gasteiger partial charge on any atom is 0.280 e. The van der Waals surface area contributed by atoms with Crippen molar-refractivity contribution in [2.45, 2.75) is 45.1 Å². The lowest BCUT2D eigenvalue weighted by atomic mass is 10.1. The molecule has 33 heavy (non-hydrogen) atoms. The second-order valence-electron chi connectivity index (χ2n) is 8.89. The van der Waals surface area contributed by atoms with Crippen LogP contribution in [0.25, 0.3) is 15.9 Å². The molecule has 168 valence electrons. The van der Waals surface area contributed by atoms with Crippen molar-refractivity contribution in [3.8, 4) is 5.69 Å². The molecule has 0 spiro atoms. The molecule has 0 saturated carbocycles. The van der Waals surface area contributed by atoms with Gasteiger partial charge >= 0.3 is 0 Å². The minimum absolute atomic E-state index is 0.0354. The summed E-state index contributed by atoms with van der Waals surface area (Å²) in [5.41, 5.74) is 5.92. The van der Waals surface area contributed by atoms with Crippen molar-refractivity contribution in [3.63, 3.8) is 0 Å². The number of amides is 1. The van der Waals surface area contributed by atoms with E-state index < -0.39 is 0 Å². The molecule has 1 unspecified atom stereocenters. The minimum atomic E-state index is -0.0754. The molecule has 1 fully saturated rings. The standard InChI is InChI=1S/C26H26N4O2S/c1-17-11-13-18(14-12-17)30-22-9-4-7-20(22)24(28-30)25(31)29(16-19-6-5-15-32-19)26-27-21-8-2-3-10-23(21)33-26/h2-3,8,10-14,19H,4-7,9,15-16H2,1H3. The quantitative estimate of drug-likeness (QED) is 0.417. The van der Waals surface area contributed by atoms with E-state index in [4.69, 9.17) is 14.8 Å². The van der Waals surface area contributed by atoms with Crippen LogP contribution in [0.2, 0.25) is 0 Å². The minimum Gasteiger partial charge on any atom is -0.376 e. The third-order valence-corrected chi connectivity index (χ3v) is 7.64. The van der Waals surface area contributed by atoms with E-state index >= 15 is 0 Å². The largest absolute Gasteiger partial charge is 0.376 e. The fourth-order valence-corrected chi connectivity index (χ4v) is 5.83. The van der Waals surface area contributed by atoms with Gasteiger partial charge in [0.1, 0.15) is 0 Å². The third-order valence-electron chi connectivity index (χ3n) is 6.58. The van der Waals surface area contributed by atoms with Gasteiger partial charge < -0.3 is 4.74 Å². The number of hydrogen-bond donors (Lipinski definition) is 0. The number of aromatic nitrogens is 3. The van der Waals surface area contributed by atoms with Crippen LogP contribution in [0.1, 0.15) is 46.6 Å². The van der Waals surface area contributed by atoms with Crippen LogP contribution in [-0.2, 0) is 17.6 Å². The second kappa shape index (κ2) is 8.39. The summed E-state index contributed by atoms with van der Waals surface area (Å²) in [6, 6.07) is 16.4. The number of carbonyl (C=O) groups is 1. The molecular formula is C26H26N4O2S. The summed E-state index contributed by atoms with van der Waals surface area (Å²) in [5, 5.41) is 5.58. The van der Waals surface area contributed by atoms with Crippen LogP contribution < -0.4 is 4.90 Å². The first-order valence-corrected chi connectivity index (χ1v) is 12.5. The molecule has 2 aliphatic rings. The number of para-hydroxylation sites is 1. The van der Waals surface area contributed by atoms with Gasteiger partial charge in [-0.15, -0.1) is 0 Å². The monoisotopic (exact) mass is 458 g/mol. The number of nitrogens with zero attached hydrogens (tertiary/aromatic N) is 4. The highest BCUT2D eigenvalue weighted by Gasteiger charge is 2.33. The first-order chi connectivity index (χ1) is 16.2. The Bertz CT molecular complexity index is 1290. The van der Waals surface area contributed by atoms with Gasteiger partial charge in [0.25, 0.3) is 5.91 Å². The number of thiazole rings is 1. The van der Waals surface area contributed by atoms with Crippen LogP contribution in [-0.4, -0.2) is 39.9 Å². The maximum absolute atomic E-state index is 14.0. The fraction of sp³-hybridized carbons (Fsp3) is 0.346. The molecule has 0 N–H and O–H groups in total. The molecule has 0 radical (unpaired) electrons. The van der Waals surface area contributed by atoms with E-state index in [2.05, 4.69) is 37.3 Å². The van der Waals surface area contributed by atoms with Crippen LogP contribution in [0.4, 0.5) is 5.13 Å². The van der Waals surface area contributed by atoms with Crippen LogP contribution in [0.3, 0.4) is 0 Å². The number of anilines is 1. The highest BCUT2D eigenvalue weighted by atomic mass is 32.1. The predicted octanol–water partition coefficient (Wildman–Crippen LogP) is 5.10. The first kappa shape index (κ1) is 20.6. The van der Waals surface area contributed by atoms with E-state index in [1.807, 2.05) is 22.9 Å². The molecule has 2 aromatic carbocycles. The Morgan fingerprint density at radius 2 is 2.00 bits per heavy atom. The van der Waals surface area contributed by atoms with Gasteiger partial charge in [-0.05, 0) is 63.3 Å². The average molecular weight is 459 g/mol. The van der Waals surface area contributed by atoms with E-state index in [-0.39, 0.29) is 12.0 Å². The van der Waals surface area contributed by atoms with Crippen molar-refractivity contribution in [2.75, 3.05) is 18.1 Å². The van der Waals surface area contributed by atoms with Gasteiger partial charge in [-0.3, -0.25) is 9.69 Å². The smallest absolute Gasteiger partial charge is 0.280 e. The molecule has 2 aromatic heterocycles. The van der Waals surface area contributed by atoms with Gasteiger partial charge in [0.15, 0.2) is 10.8 Å². The van der Waals surface area contributed by atoms with E-state index in [9.17, 15) is 4.79 Å². The van der Waals surface area contributed by atoms with Gasteiger partial charge in [-0.2, -0.15) is 5.10 Å². The number of carbonyl (C=O) groups excluding carboxylic acids is 1. The van der Waals surface area contributed by atoms with Crippen LogP contribution >= 0.6 is 11.3 Å². The number of rotatable bonds is 5. The average Bonchev–Trinajstić information content (AvgIpc) is 3.62. The summed E-state index contributed by atoms with van der Waals surface area (Å²) in [6.07, 6.45) is 4.90. The SMILES string of the molecule is Cc1ccc(-n2nc(C(=O)N(CC3CCCO3)c3nc4ccccc4s3)c3c2CCC3)cc1. The Balaban J connectivity index is 1.42. The Morgan fingerprint density at radius 3 is 2.79 bits per heavy atom. The summed E-state index contributed by atoms with van der Waals surface area (Å²) in [6.45, 7) is 3.34. The lowest BCUT2D eigenvalue weighted by molar-refractivity contribution is 0.0912. The van der Waals surface area contributed by atoms with Crippen LogP contribution in [0.5, 0.6) is 0 Å². The molecule has 6 nitrogen and oxygen atoms in total. The number of hydrogen-bond acceptors (Lipinski definition) is 5. The zero-order valence-corrected chi connectivity index (χ0v) is 19.5. The third kappa shape index (κ3) is 3.75. The van der Waals surface area contributed by atoms with E-state index in [0.717, 1.165) is 65.9 Å². The van der Waals surface area contributed by atoms with Crippen molar-refractivity contribution < 1.29 is 9.53 Å². The molecule has 7 heteroatoms. The Kier molecular flexibility index (Phi) is 5.23. The van der Waals surface area contributed by atoms with E-state index in [0.29, 0.717) is 17.4 Å². The van der Waals surface area contributed by atoms with Crippen LogP contribution in [0.15, 0.2) is 48.5 Å². The fourth-order valence-electron chi connectivity index (χ4n) is 4.85. The second-order valence-corrected chi connectivity index (χ2v) is 9.90. The molecule has 1 aliphatic heterocycles. The highest BCUT2D eigenvalue weighted by molar-refractivity contribution is 7.22. The molecule has 4 aromatic rings. The maximum atomic E-state index is 14.0. The number of ether oxygens (including phenoxy) is 1. The van der Waals surface area contributed by atoms with Crippen molar-refractivity contribution in [1.29, 1.82) is 0 Å². The first-order valence-electron chi connectivity index (χ1n) is 11.6. The molecule has 1 saturated heterocycles.